The highest BCUT2D eigenvalue weighted by molar-refractivity contribution is 9.10. The predicted octanol–water partition coefficient (Wildman–Crippen LogP) is 3.87. The fraction of sp³-hybridized carbons (Fsp3) is 0.312. The van der Waals surface area contributed by atoms with Gasteiger partial charge < -0.3 is 10.1 Å². The topological polar surface area (TPSA) is 38.3 Å². The van der Waals surface area contributed by atoms with E-state index in [9.17, 15) is 4.79 Å². The molecular weight excluding hydrogens is 350 g/mol. The van der Waals surface area contributed by atoms with E-state index in [-0.39, 0.29) is 12.5 Å². The van der Waals surface area contributed by atoms with Crippen LogP contribution in [0.4, 0.5) is 0 Å². The molecule has 3 nitrogen and oxygen atoms in total. The van der Waals surface area contributed by atoms with Crippen LogP contribution in [0.2, 0.25) is 0 Å². The minimum absolute atomic E-state index is 0.0494. The lowest BCUT2D eigenvalue weighted by molar-refractivity contribution is -0.123. The maximum absolute atomic E-state index is 11.8. The molecule has 0 unspecified atom stereocenters. The van der Waals surface area contributed by atoms with Gasteiger partial charge >= 0.3 is 0 Å². The molecule has 0 aliphatic carbocycles. The molecule has 0 saturated heterocycles. The molecule has 0 atom stereocenters. The summed E-state index contributed by atoms with van der Waals surface area (Å²) in [7, 11) is 0. The first-order chi connectivity index (χ1) is 10.1. The number of hydrogen-bond donors (Lipinski definition) is 1. The normalized spacial score (nSPS) is 10.4. The number of carbonyl (C=O) groups excluding carboxylic acids is 1. The lowest BCUT2D eigenvalue weighted by Gasteiger charge is -2.12. The van der Waals surface area contributed by atoms with Gasteiger partial charge in [0.05, 0.1) is 0 Å². The van der Waals surface area contributed by atoms with Crippen LogP contribution in [-0.4, -0.2) is 19.1 Å². The second kappa shape index (κ2) is 7.61. The number of nitrogens with one attached hydrogen (secondary N) is 1. The van der Waals surface area contributed by atoms with Crippen molar-refractivity contribution in [1.82, 2.24) is 5.32 Å². The Balaban J connectivity index is 1.79. The van der Waals surface area contributed by atoms with Crippen molar-refractivity contribution in [2.75, 3.05) is 13.2 Å². The SMILES string of the molecule is Cc1cc(Br)cc(C)c1OCC(=O)NCCc1cccs1. The third-order valence-corrected chi connectivity index (χ3v) is 4.44. The highest BCUT2D eigenvalue weighted by Crippen LogP contribution is 2.27. The summed E-state index contributed by atoms with van der Waals surface area (Å²) in [6, 6.07) is 8.06. The van der Waals surface area contributed by atoms with Crippen molar-refractivity contribution in [1.29, 1.82) is 0 Å². The molecule has 0 radical (unpaired) electrons. The van der Waals surface area contributed by atoms with Gasteiger partial charge in [-0.3, -0.25) is 4.79 Å². The quantitative estimate of drug-likeness (QED) is 0.841. The van der Waals surface area contributed by atoms with E-state index in [1.54, 1.807) is 11.3 Å². The van der Waals surface area contributed by atoms with Gasteiger partial charge in [0, 0.05) is 15.9 Å². The van der Waals surface area contributed by atoms with Crippen LogP contribution in [0.25, 0.3) is 0 Å². The van der Waals surface area contributed by atoms with Crippen molar-refractivity contribution in [3.8, 4) is 5.75 Å². The molecule has 0 spiro atoms. The van der Waals surface area contributed by atoms with Gasteiger partial charge in [-0.2, -0.15) is 0 Å². The highest BCUT2D eigenvalue weighted by Gasteiger charge is 2.08. The van der Waals surface area contributed by atoms with Gasteiger partial charge in [0.15, 0.2) is 6.61 Å². The third-order valence-electron chi connectivity index (χ3n) is 3.05. The number of amides is 1. The minimum Gasteiger partial charge on any atom is -0.483 e. The Kier molecular flexibility index (Phi) is 5.82. The first-order valence-corrected chi connectivity index (χ1v) is 8.42. The number of ether oxygens (including phenoxy) is 1. The Labute approximate surface area is 137 Å². The molecule has 1 heterocycles. The molecular formula is C16H18BrNO2S. The van der Waals surface area contributed by atoms with Crippen molar-refractivity contribution in [2.24, 2.45) is 0 Å². The Hall–Kier alpha value is -1.33. The van der Waals surface area contributed by atoms with Gasteiger partial charge in [0.25, 0.3) is 5.91 Å². The van der Waals surface area contributed by atoms with Gasteiger partial charge in [-0.1, -0.05) is 22.0 Å². The van der Waals surface area contributed by atoms with Crippen LogP contribution in [0.1, 0.15) is 16.0 Å². The lowest BCUT2D eigenvalue weighted by atomic mass is 10.1. The van der Waals surface area contributed by atoms with Crippen molar-refractivity contribution in [2.45, 2.75) is 20.3 Å². The Morgan fingerprint density at radius 1 is 1.33 bits per heavy atom. The van der Waals surface area contributed by atoms with E-state index in [2.05, 4.69) is 27.3 Å². The van der Waals surface area contributed by atoms with Gasteiger partial charge in [0.2, 0.25) is 0 Å². The van der Waals surface area contributed by atoms with Crippen LogP contribution in [0.15, 0.2) is 34.1 Å². The average molecular weight is 368 g/mol. The summed E-state index contributed by atoms with van der Waals surface area (Å²) >= 11 is 5.15. The molecule has 2 rings (SSSR count). The molecule has 1 aromatic carbocycles. The van der Waals surface area contributed by atoms with Crippen molar-refractivity contribution >= 4 is 33.2 Å². The summed E-state index contributed by atoms with van der Waals surface area (Å²) in [6.45, 7) is 4.64. The van der Waals surface area contributed by atoms with Gasteiger partial charge in [-0.15, -0.1) is 11.3 Å². The average Bonchev–Trinajstić information content (AvgIpc) is 2.90. The van der Waals surface area contributed by atoms with E-state index in [0.717, 1.165) is 27.8 Å². The van der Waals surface area contributed by atoms with Gasteiger partial charge in [-0.05, 0) is 55.0 Å². The highest BCUT2D eigenvalue weighted by atomic mass is 79.9. The molecule has 1 N–H and O–H groups in total. The monoisotopic (exact) mass is 367 g/mol. The summed E-state index contributed by atoms with van der Waals surface area (Å²) in [4.78, 5) is 13.1. The lowest BCUT2D eigenvalue weighted by Crippen LogP contribution is -2.30. The fourth-order valence-electron chi connectivity index (χ4n) is 2.09. The van der Waals surface area contributed by atoms with E-state index in [0.29, 0.717) is 6.54 Å². The summed E-state index contributed by atoms with van der Waals surface area (Å²) in [5.41, 5.74) is 2.04. The summed E-state index contributed by atoms with van der Waals surface area (Å²) in [5, 5.41) is 4.92. The first-order valence-electron chi connectivity index (χ1n) is 6.75. The van der Waals surface area contributed by atoms with E-state index in [1.807, 2.05) is 37.4 Å². The van der Waals surface area contributed by atoms with Crippen molar-refractivity contribution in [3.05, 3.63) is 50.1 Å². The maximum atomic E-state index is 11.8. The second-order valence-electron chi connectivity index (χ2n) is 4.84. The number of hydrogen-bond acceptors (Lipinski definition) is 3. The molecule has 21 heavy (non-hydrogen) atoms. The molecule has 0 fully saturated rings. The molecule has 0 aliphatic heterocycles. The van der Waals surface area contributed by atoms with Crippen LogP contribution in [-0.2, 0) is 11.2 Å². The summed E-state index contributed by atoms with van der Waals surface area (Å²) < 4.78 is 6.66. The van der Waals surface area contributed by atoms with E-state index in [1.165, 1.54) is 4.88 Å². The van der Waals surface area contributed by atoms with Crippen molar-refractivity contribution in [3.63, 3.8) is 0 Å². The standard InChI is InChI=1S/C16H18BrNO2S/c1-11-8-13(17)9-12(2)16(11)20-10-15(19)18-6-5-14-4-3-7-21-14/h3-4,7-9H,5-6,10H2,1-2H3,(H,18,19). The molecule has 112 valence electrons. The number of aryl methyl sites for hydroxylation is 2. The van der Waals surface area contributed by atoms with Gasteiger partial charge in [-0.25, -0.2) is 0 Å². The molecule has 1 aromatic heterocycles. The number of thiophene rings is 1. The molecule has 5 heteroatoms. The molecule has 0 saturated carbocycles. The van der Waals surface area contributed by atoms with Crippen LogP contribution in [0, 0.1) is 13.8 Å². The smallest absolute Gasteiger partial charge is 0.257 e. The van der Waals surface area contributed by atoms with Crippen LogP contribution in [0.3, 0.4) is 0 Å². The Morgan fingerprint density at radius 3 is 2.67 bits per heavy atom. The van der Waals surface area contributed by atoms with Gasteiger partial charge in [0.1, 0.15) is 5.75 Å². The molecule has 1 amide bonds. The van der Waals surface area contributed by atoms with E-state index in [4.69, 9.17) is 4.74 Å². The first kappa shape index (κ1) is 16.0. The Bertz CT molecular complexity index is 588. The minimum atomic E-state index is -0.0896. The summed E-state index contributed by atoms with van der Waals surface area (Å²) in [6.07, 6.45) is 0.861. The number of carbonyl (C=O) groups is 1. The number of rotatable bonds is 6. The zero-order valence-electron chi connectivity index (χ0n) is 12.1. The third kappa shape index (κ3) is 4.86. The Morgan fingerprint density at radius 2 is 2.05 bits per heavy atom. The number of benzene rings is 1. The zero-order chi connectivity index (χ0) is 15.2. The van der Waals surface area contributed by atoms with Crippen LogP contribution >= 0.6 is 27.3 Å². The molecule has 0 aliphatic rings. The van der Waals surface area contributed by atoms with E-state index < -0.39 is 0 Å². The predicted molar refractivity (Wildman–Crippen MR) is 90.1 cm³/mol. The number of halogens is 1. The zero-order valence-corrected chi connectivity index (χ0v) is 14.5. The molecule has 0 bridgehead atoms. The van der Waals surface area contributed by atoms with E-state index >= 15 is 0 Å². The summed E-state index contributed by atoms with van der Waals surface area (Å²) in [5.74, 6) is 0.694. The largest absolute Gasteiger partial charge is 0.483 e. The second-order valence-corrected chi connectivity index (χ2v) is 6.78. The fourth-order valence-corrected chi connectivity index (χ4v) is 3.49. The maximum Gasteiger partial charge on any atom is 0.257 e. The molecule has 2 aromatic rings. The van der Waals surface area contributed by atoms with Crippen LogP contribution in [0.5, 0.6) is 5.75 Å². The van der Waals surface area contributed by atoms with Crippen LogP contribution < -0.4 is 10.1 Å². The van der Waals surface area contributed by atoms with Crippen molar-refractivity contribution < 1.29 is 9.53 Å².